The third kappa shape index (κ3) is 3.60. The number of hydrogen-bond acceptors (Lipinski definition) is 3. The van der Waals surface area contributed by atoms with Gasteiger partial charge in [-0.05, 0) is 31.0 Å². The Morgan fingerprint density at radius 2 is 1.71 bits per heavy atom. The average molecular weight is 355 g/mol. The van der Waals surface area contributed by atoms with Crippen LogP contribution in [0, 0.1) is 5.92 Å². The number of aromatic carboxylic acids is 1. The number of benzene rings is 1. The summed E-state index contributed by atoms with van der Waals surface area (Å²) in [5, 5.41) is 9.02. The molecule has 112 valence electrons. The van der Waals surface area contributed by atoms with E-state index in [4.69, 9.17) is 10.8 Å². The Balaban J connectivity index is 2.14. The molecule has 2 amide bonds. The maximum absolute atomic E-state index is 12.4. The first-order valence-corrected chi connectivity index (χ1v) is 7.30. The summed E-state index contributed by atoms with van der Waals surface area (Å²) in [6, 6.07) is 4.39. The largest absolute Gasteiger partial charge is 0.478 e. The van der Waals surface area contributed by atoms with Crippen LogP contribution in [0.2, 0.25) is 0 Å². The van der Waals surface area contributed by atoms with Gasteiger partial charge >= 0.3 is 5.97 Å². The molecule has 2 rings (SSSR count). The van der Waals surface area contributed by atoms with Crippen LogP contribution in [-0.2, 0) is 4.79 Å². The number of carboxylic acid groups (broad SMARTS) is 1. The van der Waals surface area contributed by atoms with Crippen molar-refractivity contribution in [1.82, 2.24) is 4.90 Å². The fourth-order valence-corrected chi connectivity index (χ4v) is 2.88. The molecule has 0 saturated carbocycles. The number of likely N-dealkylation sites (tertiary alicyclic amines) is 1. The SMILES string of the molecule is NC(=O)C1CCN(C(=O)c2cc(Br)cc(C(=O)O)c2)CC1. The van der Waals surface area contributed by atoms with Gasteiger partial charge in [0, 0.05) is 29.0 Å². The highest BCUT2D eigenvalue weighted by Gasteiger charge is 2.26. The number of primary amides is 1. The number of carboxylic acids is 1. The summed E-state index contributed by atoms with van der Waals surface area (Å²) in [5.41, 5.74) is 5.63. The number of amides is 2. The molecule has 0 spiro atoms. The van der Waals surface area contributed by atoms with Gasteiger partial charge in [-0.2, -0.15) is 0 Å². The molecule has 0 unspecified atom stereocenters. The minimum Gasteiger partial charge on any atom is -0.478 e. The minimum absolute atomic E-state index is 0.0553. The Bertz CT molecular complexity index is 595. The van der Waals surface area contributed by atoms with Crippen molar-refractivity contribution >= 4 is 33.7 Å². The lowest BCUT2D eigenvalue weighted by Gasteiger charge is -2.30. The Morgan fingerprint density at radius 3 is 2.24 bits per heavy atom. The standard InChI is InChI=1S/C14H15BrN2O4/c15-11-6-9(5-10(7-11)14(20)21)13(19)17-3-1-8(2-4-17)12(16)18/h5-8H,1-4H2,(H2,16,18)(H,20,21). The molecule has 7 heteroatoms. The van der Waals surface area contributed by atoms with E-state index in [0.29, 0.717) is 36.0 Å². The van der Waals surface area contributed by atoms with Gasteiger partial charge in [-0.25, -0.2) is 4.79 Å². The van der Waals surface area contributed by atoms with Gasteiger partial charge in [-0.3, -0.25) is 9.59 Å². The summed E-state index contributed by atoms with van der Waals surface area (Å²) < 4.78 is 0.540. The van der Waals surface area contributed by atoms with E-state index in [-0.39, 0.29) is 23.3 Å². The maximum Gasteiger partial charge on any atom is 0.335 e. The second kappa shape index (κ2) is 6.26. The number of nitrogens with two attached hydrogens (primary N) is 1. The predicted octanol–water partition coefficient (Wildman–Crippen LogP) is 1.48. The summed E-state index contributed by atoms with van der Waals surface area (Å²) >= 11 is 3.21. The van der Waals surface area contributed by atoms with Crippen molar-refractivity contribution in [2.75, 3.05) is 13.1 Å². The molecule has 0 aliphatic carbocycles. The highest BCUT2D eigenvalue weighted by atomic mass is 79.9. The number of hydrogen-bond donors (Lipinski definition) is 2. The van der Waals surface area contributed by atoms with Crippen LogP contribution in [0.1, 0.15) is 33.6 Å². The number of rotatable bonds is 3. The molecular formula is C14H15BrN2O4. The van der Waals surface area contributed by atoms with Crippen LogP contribution in [0.4, 0.5) is 0 Å². The molecule has 1 aliphatic heterocycles. The summed E-state index contributed by atoms with van der Waals surface area (Å²) in [6.07, 6.45) is 1.09. The van der Waals surface area contributed by atoms with E-state index in [9.17, 15) is 14.4 Å². The van der Waals surface area contributed by atoms with Crippen LogP contribution >= 0.6 is 15.9 Å². The van der Waals surface area contributed by atoms with Crippen LogP contribution in [0.3, 0.4) is 0 Å². The molecule has 1 aromatic rings. The van der Waals surface area contributed by atoms with Gasteiger partial charge in [-0.1, -0.05) is 15.9 Å². The third-order valence-electron chi connectivity index (χ3n) is 3.58. The normalized spacial score (nSPS) is 15.8. The molecule has 0 radical (unpaired) electrons. The van der Waals surface area contributed by atoms with Crippen molar-refractivity contribution in [3.63, 3.8) is 0 Å². The molecule has 0 bridgehead atoms. The van der Waals surface area contributed by atoms with Crippen LogP contribution < -0.4 is 5.73 Å². The predicted molar refractivity (Wildman–Crippen MR) is 78.9 cm³/mol. The van der Waals surface area contributed by atoms with Crippen molar-refractivity contribution in [2.24, 2.45) is 11.7 Å². The average Bonchev–Trinajstić information content (AvgIpc) is 2.45. The quantitative estimate of drug-likeness (QED) is 0.858. The molecule has 21 heavy (non-hydrogen) atoms. The summed E-state index contributed by atoms with van der Waals surface area (Å²) in [7, 11) is 0. The highest BCUT2D eigenvalue weighted by Crippen LogP contribution is 2.21. The molecule has 1 aromatic carbocycles. The van der Waals surface area contributed by atoms with Gasteiger partial charge in [0.05, 0.1) is 5.56 Å². The fourth-order valence-electron chi connectivity index (χ4n) is 2.39. The number of piperidine rings is 1. The lowest BCUT2D eigenvalue weighted by Crippen LogP contribution is -2.41. The second-order valence-electron chi connectivity index (χ2n) is 5.00. The van der Waals surface area contributed by atoms with Gasteiger partial charge in [0.1, 0.15) is 0 Å². The molecule has 3 N–H and O–H groups in total. The topological polar surface area (TPSA) is 101 Å². The first kappa shape index (κ1) is 15.5. The summed E-state index contributed by atoms with van der Waals surface area (Å²) in [6.45, 7) is 0.892. The van der Waals surface area contributed by atoms with E-state index >= 15 is 0 Å². The van der Waals surface area contributed by atoms with Crippen molar-refractivity contribution < 1.29 is 19.5 Å². The lowest BCUT2D eigenvalue weighted by molar-refractivity contribution is -0.123. The monoisotopic (exact) mass is 354 g/mol. The van der Waals surface area contributed by atoms with E-state index in [1.54, 1.807) is 11.0 Å². The van der Waals surface area contributed by atoms with Gasteiger partial charge in [0.15, 0.2) is 0 Å². The molecule has 0 atom stereocenters. The van der Waals surface area contributed by atoms with E-state index in [0.717, 1.165) is 0 Å². The number of carbonyl (C=O) groups is 3. The fraction of sp³-hybridized carbons (Fsp3) is 0.357. The zero-order chi connectivity index (χ0) is 15.6. The van der Waals surface area contributed by atoms with Crippen molar-refractivity contribution in [1.29, 1.82) is 0 Å². The number of halogens is 1. The van der Waals surface area contributed by atoms with Crippen molar-refractivity contribution in [3.05, 3.63) is 33.8 Å². The first-order chi connectivity index (χ1) is 9.88. The molecule has 0 aromatic heterocycles. The van der Waals surface area contributed by atoms with E-state index in [1.165, 1.54) is 12.1 Å². The Hall–Kier alpha value is -1.89. The Labute approximate surface area is 130 Å². The smallest absolute Gasteiger partial charge is 0.335 e. The third-order valence-corrected chi connectivity index (χ3v) is 4.03. The number of carbonyl (C=O) groups excluding carboxylic acids is 2. The number of nitrogens with zero attached hydrogens (tertiary/aromatic N) is 1. The van der Waals surface area contributed by atoms with Gasteiger partial charge < -0.3 is 15.7 Å². The summed E-state index contributed by atoms with van der Waals surface area (Å²) in [4.78, 5) is 36.2. The molecule has 1 aliphatic rings. The van der Waals surface area contributed by atoms with E-state index < -0.39 is 5.97 Å². The second-order valence-corrected chi connectivity index (χ2v) is 5.92. The zero-order valence-corrected chi connectivity index (χ0v) is 12.8. The molecule has 1 heterocycles. The van der Waals surface area contributed by atoms with Crippen LogP contribution in [0.15, 0.2) is 22.7 Å². The highest BCUT2D eigenvalue weighted by molar-refractivity contribution is 9.10. The van der Waals surface area contributed by atoms with Gasteiger partial charge in [0.2, 0.25) is 5.91 Å². The minimum atomic E-state index is -1.09. The van der Waals surface area contributed by atoms with E-state index in [1.807, 2.05) is 0 Å². The first-order valence-electron chi connectivity index (χ1n) is 6.51. The lowest BCUT2D eigenvalue weighted by atomic mass is 9.95. The van der Waals surface area contributed by atoms with Crippen molar-refractivity contribution in [3.8, 4) is 0 Å². The maximum atomic E-state index is 12.4. The Morgan fingerprint density at radius 1 is 1.14 bits per heavy atom. The molecule has 1 fully saturated rings. The van der Waals surface area contributed by atoms with Crippen molar-refractivity contribution in [2.45, 2.75) is 12.8 Å². The van der Waals surface area contributed by atoms with Gasteiger partial charge in [0.25, 0.3) is 5.91 Å². The molecular weight excluding hydrogens is 340 g/mol. The Kier molecular flexibility index (Phi) is 4.62. The van der Waals surface area contributed by atoms with Crippen LogP contribution in [-0.4, -0.2) is 40.9 Å². The van der Waals surface area contributed by atoms with Gasteiger partial charge in [-0.15, -0.1) is 0 Å². The molecule has 6 nitrogen and oxygen atoms in total. The zero-order valence-electron chi connectivity index (χ0n) is 11.2. The van der Waals surface area contributed by atoms with Crippen LogP contribution in [0.25, 0.3) is 0 Å². The molecule has 1 saturated heterocycles. The summed E-state index contributed by atoms with van der Waals surface area (Å²) in [5.74, 6) is -1.84. The van der Waals surface area contributed by atoms with E-state index in [2.05, 4.69) is 15.9 Å². The van der Waals surface area contributed by atoms with Crippen LogP contribution in [0.5, 0.6) is 0 Å².